The minimum Gasteiger partial charge on any atom is -0.458 e. The molecule has 2 aliphatic carbocycles. The van der Waals surface area contributed by atoms with E-state index in [-0.39, 0.29) is 29.3 Å². The lowest BCUT2D eigenvalue weighted by Gasteiger charge is -2.61. The van der Waals surface area contributed by atoms with Gasteiger partial charge in [-0.05, 0) is 49.0 Å². The molecule has 0 N–H and O–H groups in total. The van der Waals surface area contributed by atoms with E-state index in [1.165, 1.54) is 13.8 Å². The Kier molecular flexibility index (Phi) is 7.56. The van der Waals surface area contributed by atoms with Gasteiger partial charge in [0.2, 0.25) is 6.29 Å². The molecule has 0 aromatic carbocycles. The number of hydrogen-bond donors (Lipinski definition) is 0. The summed E-state index contributed by atoms with van der Waals surface area (Å²) in [5, 5.41) is 0. The number of methoxy groups -OCH3 is 2. The molecule has 0 bridgehead atoms. The average molecular weight is 463 g/mol. The van der Waals surface area contributed by atoms with Crippen LogP contribution in [0.5, 0.6) is 0 Å². The van der Waals surface area contributed by atoms with Crippen molar-refractivity contribution in [1.82, 2.24) is 0 Å². The van der Waals surface area contributed by atoms with E-state index in [0.29, 0.717) is 6.42 Å². The Balaban J connectivity index is 2.21. The molecule has 33 heavy (non-hydrogen) atoms. The van der Waals surface area contributed by atoms with Gasteiger partial charge in [-0.15, -0.1) is 0 Å². The Bertz CT molecular complexity index is 832. The minimum atomic E-state index is -0.867. The summed E-state index contributed by atoms with van der Waals surface area (Å²) in [5.41, 5.74) is 0.840. The van der Waals surface area contributed by atoms with Gasteiger partial charge in [-0.1, -0.05) is 38.7 Å². The van der Waals surface area contributed by atoms with Gasteiger partial charge in [-0.25, -0.2) is 0 Å². The summed E-state index contributed by atoms with van der Waals surface area (Å²) in [6.07, 6.45) is 4.40. The topological polar surface area (TPSA) is 80.3 Å². The second-order valence-electron chi connectivity index (χ2n) is 9.87. The lowest BCUT2D eigenvalue weighted by molar-refractivity contribution is -0.258. The smallest absolute Gasteiger partial charge is 0.304 e. The monoisotopic (exact) mass is 462 g/mol. The van der Waals surface area contributed by atoms with E-state index in [2.05, 4.69) is 27.0 Å². The van der Waals surface area contributed by atoms with Gasteiger partial charge in [0.25, 0.3) is 0 Å². The predicted octanol–water partition coefficient (Wildman–Crippen LogP) is 4.33. The highest BCUT2D eigenvalue weighted by Gasteiger charge is 2.71. The van der Waals surface area contributed by atoms with E-state index >= 15 is 0 Å². The Morgan fingerprint density at radius 2 is 1.85 bits per heavy atom. The highest BCUT2D eigenvalue weighted by atomic mass is 16.8. The van der Waals surface area contributed by atoms with E-state index in [9.17, 15) is 9.59 Å². The molecule has 1 heterocycles. The largest absolute Gasteiger partial charge is 0.458 e. The van der Waals surface area contributed by atoms with Gasteiger partial charge >= 0.3 is 11.9 Å². The average Bonchev–Trinajstić information content (AvgIpc) is 3.06. The molecular weight excluding hydrogens is 424 g/mol. The van der Waals surface area contributed by atoms with Crippen LogP contribution in [-0.2, 0) is 33.3 Å². The fourth-order valence-corrected chi connectivity index (χ4v) is 6.43. The van der Waals surface area contributed by atoms with Gasteiger partial charge in [0, 0.05) is 33.6 Å². The molecule has 0 radical (unpaired) electrons. The van der Waals surface area contributed by atoms with Crippen molar-refractivity contribution in [2.45, 2.75) is 78.2 Å². The van der Waals surface area contributed by atoms with Crippen molar-refractivity contribution in [3.63, 3.8) is 0 Å². The van der Waals surface area contributed by atoms with E-state index < -0.39 is 30.1 Å². The SMILES string of the molecule is C=CC(=C)CC[C@]1(C)[C@H]2C[C@H](OC(C)=O)C=C3[C@H](OC)O[C@H](OC(C)=O)[C@@]32[C@H](OC)C[C@@H]1C. The van der Waals surface area contributed by atoms with Crippen LogP contribution >= 0.6 is 0 Å². The predicted molar refractivity (Wildman–Crippen MR) is 123 cm³/mol. The first kappa shape index (κ1) is 25.7. The van der Waals surface area contributed by atoms with Gasteiger partial charge in [-0.2, -0.15) is 0 Å². The Hall–Kier alpha value is -1.96. The van der Waals surface area contributed by atoms with Crippen LogP contribution in [0, 0.1) is 22.7 Å². The number of esters is 2. The second-order valence-corrected chi connectivity index (χ2v) is 9.87. The summed E-state index contributed by atoms with van der Waals surface area (Å²) in [6.45, 7) is 15.3. The molecule has 7 heteroatoms. The third kappa shape index (κ3) is 4.31. The number of carbonyl (C=O) groups is 2. The first-order valence-corrected chi connectivity index (χ1v) is 11.6. The number of ether oxygens (including phenoxy) is 5. The van der Waals surface area contributed by atoms with Crippen molar-refractivity contribution in [2.75, 3.05) is 14.2 Å². The second kappa shape index (κ2) is 9.72. The van der Waals surface area contributed by atoms with Crippen molar-refractivity contribution in [3.8, 4) is 0 Å². The zero-order valence-corrected chi connectivity index (χ0v) is 20.7. The maximum absolute atomic E-state index is 12.1. The molecule has 0 aromatic heterocycles. The van der Waals surface area contributed by atoms with Crippen LogP contribution in [0.4, 0.5) is 0 Å². The van der Waals surface area contributed by atoms with Crippen LogP contribution in [0.25, 0.3) is 0 Å². The van der Waals surface area contributed by atoms with Gasteiger partial charge in [-0.3, -0.25) is 9.59 Å². The van der Waals surface area contributed by atoms with Crippen molar-refractivity contribution in [1.29, 1.82) is 0 Å². The number of allylic oxidation sites excluding steroid dienone is 2. The summed E-state index contributed by atoms with van der Waals surface area (Å²) >= 11 is 0. The van der Waals surface area contributed by atoms with Crippen LogP contribution in [-0.4, -0.2) is 50.9 Å². The third-order valence-electron chi connectivity index (χ3n) is 8.19. The van der Waals surface area contributed by atoms with Gasteiger partial charge in [0.15, 0.2) is 6.29 Å². The van der Waals surface area contributed by atoms with Gasteiger partial charge in [0.1, 0.15) is 6.10 Å². The van der Waals surface area contributed by atoms with Crippen LogP contribution < -0.4 is 0 Å². The molecule has 184 valence electrons. The molecule has 2 fully saturated rings. The minimum absolute atomic E-state index is 0.0647. The Morgan fingerprint density at radius 3 is 2.39 bits per heavy atom. The maximum Gasteiger partial charge on any atom is 0.304 e. The molecule has 0 amide bonds. The summed E-state index contributed by atoms with van der Waals surface area (Å²) < 4.78 is 29.5. The molecule has 7 nitrogen and oxygen atoms in total. The Labute approximate surface area is 197 Å². The van der Waals surface area contributed by atoms with Crippen LogP contribution in [0.1, 0.15) is 53.4 Å². The normalized spacial score (nSPS) is 39.6. The fraction of sp³-hybridized carbons (Fsp3) is 0.692. The van der Waals surface area contributed by atoms with Gasteiger partial charge in [0.05, 0.1) is 11.5 Å². The van der Waals surface area contributed by atoms with Crippen LogP contribution in [0.15, 0.2) is 36.5 Å². The van der Waals surface area contributed by atoms with Crippen molar-refractivity contribution in [2.24, 2.45) is 22.7 Å². The molecular formula is C26H38O7. The highest BCUT2D eigenvalue weighted by Crippen LogP contribution is 2.67. The quantitative estimate of drug-likeness (QED) is 0.302. The lowest BCUT2D eigenvalue weighted by atomic mass is 9.45. The zero-order valence-electron chi connectivity index (χ0n) is 20.7. The van der Waals surface area contributed by atoms with Crippen molar-refractivity contribution in [3.05, 3.63) is 36.5 Å². The van der Waals surface area contributed by atoms with Crippen molar-refractivity contribution < 1.29 is 33.3 Å². The molecule has 3 aliphatic rings. The van der Waals surface area contributed by atoms with E-state index in [0.717, 1.165) is 30.4 Å². The van der Waals surface area contributed by atoms with E-state index in [1.54, 1.807) is 20.3 Å². The number of rotatable bonds is 8. The molecule has 1 spiro atoms. The molecule has 0 aromatic rings. The fourth-order valence-electron chi connectivity index (χ4n) is 6.43. The maximum atomic E-state index is 12.1. The summed E-state index contributed by atoms with van der Waals surface area (Å²) in [6, 6.07) is 0. The van der Waals surface area contributed by atoms with E-state index in [1.807, 2.05) is 6.08 Å². The summed E-state index contributed by atoms with van der Waals surface area (Å²) in [4.78, 5) is 24.0. The zero-order chi connectivity index (χ0) is 24.6. The van der Waals surface area contributed by atoms with Gasteiger partial charge < -0.3 is 23.7 Å². The summed E-state index contributed by atoms with van der Waals surface area (Å²) in [7, 11) is 3.24. The first-order valence-electron chi connectivity index (χ1n) is 11.6. The standard InChI is InChI=1S/C26H38O7/c1-9-15(2)10-11-25(6)16(3)12-22(29-7)26-20(13-19(14-21(25)26)31-17(4)27)23(30-8)33-24(26)32-18(5)28/h9,13,16,19,21-24H,1-2,10-12,14H2,3-8H3/t16-,19+,21+,22+,23+,24-,25-,26-/m0/s1. The number of hydrogen-bond acceptors (Lipinski definition) is 7. The Morgan fingerprint density at radius 1 is 1.18 bits per heavy atom. The molecule has 1 saturated carbocycles. The molecule has 8 atom stereocenters. The highest BCUT2D eigenvalue weighted by molar-refractivity contribution is 5.67. The van der Waals surface area contributed by atoms with Crippen molar-refractivity contribution >= 4 is 11.9 Å². The van der Waals surface area contributed by atoms with Crippen LogP contribution in [0.3, 0.4) is 0 Å². The summed E-state index contributed by atoms with van der Waals surface area (Å²) in [5.74, 6) is -0.554. The molecule has 1 aliphatic heterocycles. The third-order valence-corrected chi connectivity index (χ3v) is 8.19. The lowest BCUT2D eigenvalue weighted by Crippen LogP contribution is -2.63. The first-order chi connectivity index (χ1) is 15.5. The molecule has 3 rings (SSSR count). The van der Waals surface area contributed by atoms with E-state index in [4.69, 9.17) is 23.7 Å². The number of carbonyl (C=O) groups excluding carboxylic acids is 2. The molecule has 0 unspecified atom stereocenters. The molecule has 1 saturated heterocycles. The van der Waals surface area contributed by atoms with Crippen LogP contribution in [0.2, 0.25) is 0 Å².